The van der Waals surface area contributed by atoms with Gasteiger partial charge in [0.05, 0.1) is 37.5 Å². The molecule has 1 fully saturated rings. The van der Waals surface area contributed by atoms with Crippen LogP contribution >= 0.6 is 7.67 Å². The largest absolute Gasteiger partial charge is 0.465 e. The molecular weight excluding hydrogens is 549 g/mol. The van der Waals surface area contributed by atoms with Crippen LogP contribution in [0.4, 0.5) is 5.82 Å². The number of aliphatic hydroxyl groups is 1. The van der Waals surface area contributed by atoms with Crippen molar-refractivity contribution in [2.24, 2.45) is 5.92 Å². The van der Waals surface area contributed by atoms with Crippen molar-refractivity contribution in [1.29, 1.82) is 5.26 Å². The topological polar surface area (TPSA) is 229 Å². The van der Waals surface area contributed by atoms with E-state index in [1.54, 1.807) is 13.8 Å². The first-order chi connectivity index (χ1) is 19.0. The Balaban J connectivity index is 1.89. The lowest BCUT2D eigenvalue weighted by Crippen LogP contribution is -2.43. The lowest BCUT2D eigenvalue weighted by molar-refractivity contribution is -0.145. The molecular formula is C23H32N7O9P. The number of carbonyl (C=O) groups excluding carboxylic acids is 3. The summed E-state index contributed by atoms with van der Waals surface area (Å²) in [6, 6.07) is 2.67. The van der Waals surface area contributed by atoms with Gasteiger partial charge in [0.15, 0.2) is 5.82 Å². The fourth-order valence-electron chi connectivity index (χ4n) is 4.23. The second-order valence-electron chi connectivity index (χ2n) is 8.87. The molecule has 1 saturated heterocycles. The Labute approximate surface area is 229 Å². The van der Waals surface area contributed by atoms with Gasteiger partial charge in [-0.25, -0.2) is 19.7 Å². The number of aldehydes is 1. The predicted octanol–water partition coefficient (Wildman–Crippen LogP) is -0.188. The van der Waals surface area contributed by atoms with Crippen molar-refractivity contribution in [3.8, 4) is 6.07 Å². The molecule has 0 radical (unpaired) electrons. The zero-order valence-corrected chi connectivity index (χ0v) is 23.2. The van der Waals surface area contributed by atoms with Gasteiger partial charge in [-0.05, 0) is 39.8 Å². The standard InChI is InChI=1S/C23H32N7O9P/c1-5-36-21(33)13(3)28-40(35,29-14(4)22(34)37-6-2)38-10-17-19(32)15(9-31)23(11-24,39-17)18-8-7-16-20(25)26-12-27-30(16)18/h7-9,12-15,17,19,32H,5-6,10H2,1-4H3,(H2,25,26,27)(H2,28,29,35)/t13-,14-,15+,17+,19-,23+/m0/s1. The molecule has 0 amide bonds. The van der Waals surface area contributed by atoms with Crippen molar-refractivity contribution >= 4 is 37.2 Å². The number of carbonyl (C=O) groups is 3. The number of nitrogen functional groups attached to an aromatic ring is 1. The number of nitrogens with one attached hydrogen (secondary N) is 2. The van der Waals surface area contributed by atoms with Gasteiger partial charge in [-0.2, -0.15) is 10.4 Å². The summed E-state index contributed by atoms with van der Waals surface area (Å²) in [7, 11) is -4.26. The number of ether oxygens (including phenoxy) is 3. The molecule has 5 N–H and O–H groups in total. The number of esters is 2. The third-order valence-corrected chi connectivity index (χ3v) is 8.13. The Bertz CT molecular complexity index is 1300. The summed E-state index contributed by atoms with van der Waals surface area (Å²) in [6.07, 6.45) is -1.41. The molecule has 0 saturated carbocycles. The SMILES string of the molecule is CCOC(=O)[C@H](C)NP(=O)(N[C@@H](C)C(=O)OCC)OC[C@H]1O[C@@](C#N)(c2ccc3c(N)ncnn23)[C@H](C=O)[C@@H]1O. The Morgan fingerprint density at radius 1 is 1.27 bits per heavy atom. The molecule has 1 aliphatic heterocycles. The van der Waals surface area contributed by atoms with Gasteiger partial charge in [0.25, 0.3) is 0 Å². The van der Waals surface area contributed by atoms with E-state index >= 15 is 0 Å². The van der Waals surface area contributed by atoms with Gasteiger partial charge >= 0.3 is 19.6 Å². The van der Waals surface area contributed by atoms with Gasteiger partial charge < -0.3 is 34.4 Å². The van der Waals surface area contributed by atoms with E-state index in [0.717, 1.165) is 6.33 Å². The Hall–Kier alpha value is -3.45. The zero-order chi connectivity index (χ0) is 29.7. The van der Waals surface area contributed by atoms with Crippen LogP contribution in [0.2, 0.25) is 0 Å². The van der Waals surface area contributed by atoms with E-state index in [1.807, 2.05) is 6.07 Å². The molecule has 2 aromatic rings. The molecule has 0 bridgehead atoms. The van der Waals surface area contributed by atoms with Gasteiger partial charge in [0.2, 0.25) is 5.60 Å². The molecule has 0 aliphatic carbocycles. The first kappa shape index (κ1) is 31.1. The van der Waals surface area contributed by atoms with Gasteiger partial charge in [0.1, 0.15) is 42.4 Å². The quantitative estimate of drug-likeness (QED) is 0.136. The first-order valence-corrected chi connectivity index (χ1v) is 14.0. The van der Waals surface area contributed by atoms with Crippen molar-refractivity contribution < 1.29 is 42.8 Å². The minimum absolute atomic E-state index is 0.0685. The lowest BCUT2D eigenvalue weighted by atomic mass is 9.84. The maximum atomic E-state index is 13.8. The van der Waals surface area contributed by atoms with E-state index in [-0.39, 0.29) is 24.7 Å². The summed E-state index contributed by atoms with van der Waals surface area (Å²) in [6.45, 7) is 5.45. The summed E-state index contributed by atoms with van der Waals surface area (Å²) in [4.78, 5) is 40.4. The smallest absolute Gasteiger partial charge is 0.342 e. The number of aliphatic hydroxyl groups excluding tert-OH is 1. The summed E-state index contributed by atoms with van der Waals surface area (Å²) < 4.78 is 36.4. The highest BCUT2D eigenvalue weighted by molar-refractivity contribution is 7.54. The summed E-state index contributed by atoms with van der Waals surface area (Å²) in [5.41, 5.74) is 4.30. The van der Waals surface area contributed by atoms with Crippen LogP contribution in [0.3, 0.4) is 0 Å². The van der Waals surface area contributed by atoms with Crippen molar-refractivity contribution in [1.82, 2.24) is 24.8 Å². The number of fused-ring (bicyclic) bond motifs is 1. The van der Waals surface area contributed by atoms with Crippen LogP contribution in [0.15, 0.2) is 18.5 Å². The Morgan fingerprint density at radius 3 is 2.40 bits per heavy atom. The van der Waals surface area contributed by atoms with E-state index in [9.17, 15) is 29.3 Å². The van der Waals surface area contributed by atoms with E-state index in [0.29, 0.717) is 11.8 Å². The van der Waals surface area contributed by atoms with Gasteiger partial charge in [0, 0.05) is 0 Å². The summed E-state index contributed by atoms with van der Waals surface area (Å²) in [5, 5.41) is 30.2. The molecule has 17 heteroatoms. The second kappa shape index (κ2) is 12.8. The molecule has 16 nitrogen and oxygen atoms in total. The Kier molecular flexibility index (Phi) is 9.96. The number of rotatable bonds is 13. The van der Waals surface area contributed by atoms with Crippen LogP contribution in [0, 0.1) is 17.2 Å². The number of nitrogens with zero attached hydrogens (tertiary/aromatic N) is 4. The normalized spacial score (nSPS) is 24.2. The third-order valence-electron chi connectivity index (χ3n) is 6.16. The minimum atomic E-state index is -4.26. The van der Waals surface area contributed by atoms with Crippen molar-refractivity contribution in [3.05, 3.63) is 24.2 Å². The molecule has 40 heavy (non-hydrogen) atoms. The van der Waals surface area contributed by atoms with Crippen molar-refractivity contribution in [3.63, 3.8) is 0 Å². The fraction of sp³-hybridized carbons (Fsp3) is 0.565. The number of aromatic nitrogens is 3. The average molecular weight is 582 g/mol. The second-order valence-corrected chi connectivity index (χ2v) is 10.7. The molecule has 0 aromatic carbocycles. The van der Waals surface area contributed by atoms with E-state index < -0.39 is 62.0 Å². The molecule has 1 aliphatic rings. The van der Waals surface area contributed by atoms with E-state index in [1.165, 1.54) is 30.5 Å². The molecule has 3 rings (SSSR count). The van der Waals surface area contributed by atoms with Crippen LogP contribution in [0.25, 0.3) is 5.52 Å². The van der Waals surface area contributed by atoms with Crippen molar-refractivity contribution in [2.45, 2.75) is 57.6 Å². The highest BCUT2D eigenvalue weighted by Crippen LogP contribution is 2.46. The number of hydrogen-bond acceptors (Lipinski definition) is 13. The molecule has 2 aromatic heterocycles. The van der Waals surface area contributed by atoms with Gasteiger partial charge in [-0.15, -0.1) is 0 Å². The number of nitrogens with two attached hydrogens (primary N) is 1. The maximum Gasteiger partial charge on any atom is 0.342 e. The van der Waals surface area contributed by atoms with E-state index in [4.69, 9.17) is 24.5 Å². The van der Waals surface area contributed by atoms with Crippen LogP contribution in [0.1, 0.15) is 33.4 Å². The van der Waals surface area contributed by atoms with Crippen LogP contribution in [0.5, 0.6) is 0 Å². The molecule has 0 spiro atoms. The molecule has 3 heterocycles. The average Bonchev–Trinajstić information content (AvgIpc) is 3.47. The lowest BCUT2D eigenvalue weighted by Gasteiger charge is -2.27. The first-order valence-electron chi connectivity index (χ1n) is 12.4. The van der Waals surface area contributed by atoms with Crippen LogP contribution in [-0.2, 0) is 43.3 Å². The number of anilines is 1. The Morgan fingerprint density at radius 2 is 1.88 bits per heavy atom. The minimum Gasteiger partial charge on any atom is -0.465 e. The molecule has 0 unspecified atom stereocenters. The van der Waals surface area contributed by atoms with Crippen LogP contribution < -0.4 is 15.9 Å². The van der Waals surface area contributed by atoms with E-state index in [2.05, 4.69) is 20.3 Å². The highest BCUT2D eigenvalue weighted by atomic mass is 31.2. The fourth-order valence-corrected chi connectivity index (χ4v) is 6.04. The predicted molar refractivity (Wildman–Crippen MR) is 137 cm³/mol. The van der Waals surface area contributed by atoms with Gasteiger partial charge in [-0.3, -0.25) is 14.2 Å². The zero-order valence-electron chi connectivity index (χ0n) is 22.3. The summed E-state index contributed by atoms with van der Waals surface area (Å²) in [5.74, 6) is -2.77. The monoisotopic (exact) mass is 581 g/mol. The molecule has 6 atom stereocenters. The molecule has 218 valence electrons. The maximum absolute atomic E-state index is 13.8. The number of hydrogen-bond donors (Lipinski definition) is 4. The highest BCUT2D eigenvalue weighted by Gasteiger charge is 2.58. The van der Waals surface area contributed by atoms with Crippen LogP contribution in [-0.4, -0.2) is 82.0 Å². The van der Waals surface area contributed by atoms with Gasteiger partial charge in [-0.1, -0.05) is 0 Å². The van der Waals surface area contributed by atoms with Crippen molar-refractivity contribution in [2.75, 3.05) is 25.6 Å². The summed E-state index contributed by atoms with van der Waals surface area (Å²) >= 11 is 0. The number of nitriles is 1. The third kappa shape index (κ3) is 6.15.